The normalized spacial score (nSPS) is 12.8. The minimum absolute atomic E-state index is 0.0269. The second kappa shape index (κ2) is 6.59. The zero-order valence-electron chi connectivity index (χ0n) is 9.80. The number of ether oxygens (including phenoxy) is 1. The Kier molecular flexibility index (Phi) is 5.39. The van der Waals surface area contributed by atoms with Crippen LogP contribution < -0.4 is 0 Å². The Balaban J connectivity index is 2.55. The Hall–Kier alpha value is -0.960. The Morgan fingerprint density at radius 1 is 1.19 bits per heavy atom. The minimum Gasteiger partial charge on any atom is -0.374 e. The minimum atomic E-state index is -0.539. The molecule has 90 valence electrons. The van der Waals surface area contributed by atoms with Crippen molar-refractivity contribution in [3.8, 4) is 0 Å². The first-order chi connectivity index (χ1) is 7.66. The van der Waals surface area contributed by atoms with Gasteiger partial charge >= 0.3 is 0 Å². The van der Waals surface area contributed by atoms with Gasteiger partial charge in [-0.05, 0) is 25.5 Å². The Morgan fingerprint density at radius 2 is 1.81 bits per heavy atom. The van der Waals surface area contributed by atoms with E-state index in [4.69, 9.17) is 4.74 Å². The molecule has 0 amide bonds. The van der Waals surface area contributed by atoms with Crippen molar-refractivity contribution in [1.82, 2.24) is 0 Å². The highest BCUT2D eigenvalue weighted by Crippen LogP contribution is 2.23. The first kappa shape index (κ1) is 13.1. The molecule has 0 saturated carbocycles. The van der Waals surface area contributed by atoms with E-state index in [9.17, 15) is 8.78 Å². The lowest BCUT2D eigenvalue weighted by atomic mass is 10.1. The molecule has 0 aliphatic carbocycles. The molecule has 1 atom stereocenters. The maximum Gasteiger partial charge on any atom is 0.131 e. The molecule has 0 radical (unpaired) electrons. The van der Waals surface area contributed by atoms with E-state index in [0.29, 0.717) is 6.61 Å². The molecule has 0 aliphatic rings. The molecule has 16 heavy (non-hydrogen) atoms. The smallest absolute Gasteiger partial charge is 0.131 e. The lowest BCUT2D eigenvalue weighted by Gasteiger charge is -2.14. The van der Waals surface area contributed by atoms with E-state index < -0.39 is 17.7 Å². The van der Waals surface area contributed by atoms with Crippen molar-refractivity contribution in [1.29, 1.82) is 0 Å². The van der Waals surface area contributed by atoms with Gasteiger partial charge in [0, 0.05) is 6.61 Å². The van der Waals surface area contributed by atoms with Crippen LogP contribution >= 0.6 is 0 Å². The number of hydrogen-bond donors (Lipinski definition) is 0. The van der Waals surface area contributed by atoms with Crippen LogP contribution in [0, 0.1) is 11.6 Å². The third kappa shape index (κ3) is 3.56. The van der Waals surface area contributed by atoms with Crippen LogP contribution in [0.2, 0.25) is 0 Å². The summed E-state index contributed by atoms with van der Waals surface area (Å²) < 4.78 is 32.1. The summed E-state index contributed by atoms with van der Waals surface area (Å²) >= 11 is 0. The van der Waals surface area contributed by atoms with Crippen molar-refractivity contribution in [2.24, 2.45) is 0 Å². The summed E-state index contributed by atoms with van der Waals surface area (Å²) in [6.45, 7) is 4.32. The quantitative estimate of drug-likeness (QED) is 0.662. The largest absolute Gasteiger partial charge is 0.374 e. The number of hydrogen-bond acceptors (Lipinski definition) is 1. The average Bonchev–Trinajstić information content (AvgIpc) is 2.24. The van der Waals surface area contributed by atoms with E-state index in [1.165, 1.54) is 18.2 Å². The lowest BCUT2D eigenvalue weighted by molar-refractivity contribution is 0.0580. The monoisotopic (exact) mass is 228 g/mol. The van der Waals surface area contributed by atoms with Crippen LogP contribution in [0.5, 0.6) is 0 Å². The van der Waals surface area contributed by atoms with E-state index in [-0.39, 0.29) is 5.56 Å². The van der Waals surface area contributed by atoms with Crippen LogP contribution in [-0.2, 0) is 4.74 Å². The summed E-state index contributed by atoms with van der Waals surface area (Å²) in [7, 11) is 0. The van der Waals surface area contributed by atoms with Gasteiger partial charge in [-0.2, -0.15) is 0 Å². The van der Waals surface area contributed by atoms with Gasteiger partial charge in [0.25, 0.3) is 0 Å². The van der Waals surface area contributed by atoms with Crippen LogP contribution in [0.15, 0.2) is 18.2 Å². The standard InChI is InChI=1S/C13H18F2O/c1-3-4-5-9-16-10(2)13-11(14)7-6-8-12(13)15/h6-8,10H,3-5,9H2,1-2H3. The molecular formula is C13H18F2O. The molecule has 0 N–H and O–H groups in total. The fourth-order valence-corrected chi connectivity index (χ4v) is 1.59. The van der Waals surface area contributed by atoms with Crippen molar-refractivity contribution in [2.75, 3.05) is 6.61 Å². The van der Waals surface area contributed by atoms with Gasteiger partial charge in [0.15, 0.2) is 0 Å². The maximum atomic E-state index is 13.4. The SMILES string of the molecule is CCCCCOC(C)c1c(F)cccc1F. The summed E-state index contributed by atoms with van der Waals surface area (Å²) in [5.41, 5.74) is 0.0269. The molecule has 0 heterocycles. The highest BCUT2D eigenvalue weighted by molar-refractivity contribution is 5.21. The summed E-state index contributed by atoms with van der Waals surface area (Å²) in [5.74, 6) is -1.08. The molecule has 0 saturated heterocycles. The van der Waals surface area contributed by atoms with Gasteiger partial charge in [0.05, 0.1) is 11.7 Å². The number of rotatable bonds is 6. The molecule has 0 aliphatic heterocycles. The zero-order chi connectivity index (χ0) is 12.0. The van der Waals surface area contributed by atoms with Crippen LogP contribution in [0.1, 0.15) is 44.8 Å². The first-order valence-electron chi connectivity index (χ1n) is 5.72. The molecule has 1 nitrogen and oxygen atoms in total. The Labute approximate surface area is 95.4 Å². The Bertz CT molecular complexity index is 305. The van der Waals surface area contributed by atoms with E-state index >= 15 is 0 Å². The third-order valence-electron chi connectivity index (χ3n) is 2.52. The molecule has 1 aromatic carbocycles. The molecule has 0 aromatic heterocycles. The molecule has 1 unspecified atom stereocenters. The topological polar surface area (TPSA) is 9.23 Å². The lowest BCUT2D eigenvalue weighted by Crippen LogP contribution is -2.06. The van der Waals surface area contributed by atoms with Crippen molar-refractivity contribution in [2.45, 2.75) is 39.2 Å². The zero-order valence-corrected chi connectivity index (χ0v) is 9.80. The molecule has 0 fully saturated rings. The molecule has 0 spiro atoms. The third-order valence-corrected chi connectivity index (χ3v) is 2.52. The van der Waals surface area contributed by atoms with Crippen LogP contribution in [0.3, 0.4) is 0 Å². The van der Waals surface area contributed by atoms with Crippen molar-refractivity contribution < 1.29 is 13.5 Å². The summed E-state index contributed by atoms with van der Waals surface area (Å²) in [4.78, 5) is 0. The second-order valence-electron chi connectivity index (χ2n) is 3.86. The summed E-state index contributed by atoms with van der Waals surface area (Å²) in [6, 6.07) is 3.87. The molecule has 0 bridgehead atoms. The van der Waals surface area contributed by atoms with Crippen molar-refractivity contribution in [3.05, 3.63) is 35.4 Å². The van der Waals surface area contributed by atoms with Crippen molar-refractivity contribution >= 4 is 0 Å². The van der Waals surface area contributed by atoms with E-state index in [2.05, 4.69) is 6.92 Å². The van der Waals surface area contributed by atoms with Gasteiger partial charge in [-0.15, -0.1) is 0 Å². The van der Waals surface area contributed by atoms with Gasteiger partial charge < -0.3 is 4.74 Å². The highest BCUT2D eigenvalue weighted by atomic mass is 19.1. The van der Waals surface area contributed by atoms with Crippen molar-refractivity contribution in [3.63, 3.8) is 0 Å². The summed E-state index contributed by atoms with van der Waals surface area (Å²) in [6.07, 6.45) is 2.58. The Morgan fingerprint density at radius 3 is 2.38 bits per heavy atom. The number of halogens is 2. The van der Waals surface area contributed by atoms with Gasteiger partial charge in [0.1, 0.15) is 11.6 Å². The van der Waals surface area contributed by atoms with E-state index in [1.807, 2.05) is 0 Å². The van der Waals surface area contributed by atoms with Gasteiger partial charge in [0.2, 0.25) is 0 Å². The first-order valence-corrected chi connectivity index (χ1v) is 5.72. The highest BCUT2D eigenvalue weighted by Gasteiger charge is 2.15. The van der Waals surface area contributed by atoms with Gasteiger partial charge in [-0.1, -0.05) is 25.8 Å². The van der Waals surface area contributed by atoms with Crippen LogP contribution in [-0.4, -0.2) is 6.61 Å². The molecule has 1 aromatic rings. The predicted molar refractivity (Wildman–Crippen MR) is 60.3 cm³/mol. The van der Waals surface area contributed by atoms with E-state index in [0.717, 1.165) is 19.3 Å². The fraction of sp³-hybridized carbons (Fsp3) is 0.538. The predicted octanol–water partition coefficient (Wildman–Crippen LogP) is 4.23. The van der Waals surface area contributed by atoms with Crippen LogP contribution in [0.4, 0.5) is 8.78 Å². The summed E-state index contributed by atoms with van der Waals surface area (Å²) in [5, 5.41) is 0. The fourth-order valence-electron chi connectivity index (χ4n) is 1.59. The maximum absolute atomic E-state index is 13.4. The molecule has 3 heteroatoms. The second-order valence-corrected chi connectivity index (χ2v) is 3.86. The van der Waals surface area contributed by atoms with Crippen LogP contribution in [0.25, 0.3) is 0 Å². The van der Waals surface area contributed by atoms with E-state index in [1.54, 1.807) is 6.92 Å². The van der Waals surface area contributed by atoms with Gasteiger partial charge in [-0.25, -0.2) is 8.78 Å². The van der Waals surface area contributed by atoms with Gasteiger partial charge in [-0.3, -0.25) is 0 Å². The molecule has 1 rings (SSSR count). The molecular weight excluding hydrogens is 210 g/mol. The number of unbranched alkanes of at least 4 members (excludes halogenated alkanes) is 2. The average molecular weight is 228 g/mol. The number of benzene rings is 1.